The van der Waals surface area contributed by atoms with Gasteiger partial charge >= 0.3 is 0 Å². The van der Waals surface area contributed by atoms with Gasteiger partial charge in [0, 0.05) is 12.1 Å². The van der Waals surface area contributed by atoms with Crippen molar-refractivity contribution in [3.05, 3.63) is 65.9 Å². The van der Waals surface area contributed by atoms with Crippen LogP contribution < -0.4 is 5.32 Å². The summed E-state index contributed by atoms with van der Waals surface area (Å²) in [4.78, 5) is 17.5. The van der Waals surface area contributed by atoms with Crippen LogP contribution in [0.5, 0.6) is 0 Å². The maximum atomic E-state index is 13.0. The van der Waals surface area contributed by atoms with Gasteiger partial charge < -0.3 is 9.09 Å². The lowest BCUT2D eigenvalue weighted by Gasteiger charge is -2.08. The molecule has 2 aromatic carbocycles. The molecule has 0 radical (unpaired) electrons. The SMILES string of the molecule is CCn1c(NC(=O)c2c(-c3ccccc3)noc2C)nc2ccccc21. The molecule has 0 aliphatic rings. The van der Waals surface area contributed by atoms with Gasteiger partial charge in [-0.2, -0.15) is 0 Å². The molecule has 6 heteroatoms. The summed E-state index contributed by atoms with van der Waals surface area (Å²) in [5, 5.41) is 6.99. The van der Waals surface area contributed by atoms with E-state index in [1.54, 1.807) is 6.92 Å². The van der Waals surface area contributed by atoms with Crippen LogP contribution in [-0.2, 0) is 6.54 Å². The first-order valence-electron chi connectivity index (χ1n) is 8.47. The molecule has 0 spiro atoms. The second kappa shape index (κ2) is 6.48. The van der Waals surface area contributed by atoms with Crippen LogP contribution in [0.2, 0.25) is 0 Å². The van der Waals surface area contributed by atoms with E-state index in [4.69, 9.17) is 4.52 Å². The molecule has 0 unspecified atom stereocenters. The third-order valence-electron chi connectivity index (χ3n) is 4.33. The van der Waals surface area contributed by atoms with Crippen molar-refractivity contribution in [3.8, 4) is 11.3 Å². The molecule has 1 N–H and O–H groups in total. The van der Waals surface area contributed by atoms with Crippen LogP contribution in [0.4, 0.5) is 5.95 Å². The minimum atomic E-state index is -0.285. The fourth-order valence-electron chi connectivity index (χ4n) is 3.09. The van der Waals surface area contributed by atoms with Crippen molar-refractivity contribution in [2.75, 3.05) is 5.32 Å². The van der Waals surface area contributed by atoms with Gasteiger partial charge in [0.25, 0.3) is 5.91 Å². The van der Waals surface area contributed by atoms with Gasteiger partial charge in [-0.1, -0.05) is 47.6 Å². The fraction of sp³-hybridized carbons (Fsp3) is 0.150. The van der Waals surface area contributed by atoms with Crippen molar-refractivity contribution in [2.24, 2.45) is 0 Å². The van der Waals surface area contributed by atoms with Crippen molar-refractivity contribution in [1.29, 1.82) is 0 Å². The summed E-state index contributed by atoms with van der Waals surface area (Å²) >= 11 is 0. The number of hydrogen-bond acceptors (Lipinski definition) is 4. The zero-order valence-corrected chi connectivity index (χ0v) is 14.6. The van der Waals surface area contributed by atoms with E-state index in [-0.39, 0.29) is 5.91 Å². The first-order chi connectivity index (χ1) is 12.7. The number of fused-ring (bicyclic) bond motifs is 1. The molecule has 0 aliphatic heterocycles. The molecule has 0 saturated carbocycles. The average Bonchev–Trinajstić information content (AvgIpc) is 3.22. The standard InChI is InChI=1S/C20H18N4O2/c1-3-24-16-12-8-7-11-15(16)21-20(24)22-19(25)17-13(2)26-23-18(17)14-9-5-4-6-10-14/h4-12H,3H2,1-2H3,(H,21,22,25). The first-order valence-corrected chi connectivity index (χ1v) is 8.47. The lowest BCUT2D eigenvalue weighted by molar-refractivity contribution is 0.102. The Bertz CT molecular complexity index is 1080. The number of nitrogens with zero attached hydrogens (tertiary/aromatic N) is 3. The highest BCUT2D eigenvalue weighted by atomic mass is 16.5. The Balaban J connectivity index is 1.73. The van der Waals surface area contributed by atoms with Gasteiger partial charge in [-0.3, -0.25) is 10.1 Å². The summed E-state index contributed by atoms with van der Waals surface area (Å²) in [5.74, 6) is 0.700. The lowest BCUT2D eigenvalue weighted by Crippen LogP contribution is -2.17. The van der Waals surface area contributed by atoms with Crippen molar-refractivity contribution < 1.29 is 9.32 Å². The molecule has 4 aromatic rings. The van der Waals surface area contributed by atoms with Crippen LogP contribution in [0.3, 0.4) is 0 Å². The summed E-state index contributed by atoms with van der Waals surface area (Å²) in [5.41, 5.74) is 3.61. The number of amides is 1. The summed E-state index contributed by atoms with van der Waals surface area (Å²) in [6.07, 6.45) is 0. The minimum absolute atomic E-state index is 0.285. The van der Waals surface area contributed by atoms with Crippen LogP contribution in [-0.4, -0.2) is 20.6 Å². The number of rotatable bonds is 4. The number of nitrogens with one attached hydrogen (secondary N) is 1. The van der Waals surface area contributed by atoms with Gasteiger partial charge in [0.15, 0.2) is 0 Å². The second-order valence-electron chi connectivity index (χ2n) is 5.95. The third kappa shape index (κ3) is 2.65. The number of benzene rings is 2. The Labute approximate surface area is 150 Å². The van der Waals surface area contributed by atoms with Crippen LogP contribution >= 0.6 is 0 Å². The van der Waals surface area contributed by atoms with E-state index < -0.39 is 0 Å². The normalized spacial score (nSPS) is 11.0. The molecule has 1 amide bonds. The minimum Gasteiger partial charge on any atom is -0.360 e. The van der Waals surface area contributed by atoms with E-state index in [1.165, 1.54) is 0 Å². The van der Waals surface area contributed by atoms with Crippen LogP contribution in [0.25, 0.3) is 22.3 Å². The van der Waals surface area contributed by atoms with Gasteiger partial charge in [-0.05, 0) is 26.0 Å². The molecule has 6 nitrogen and oxygen atoms in total. The van der Waals surface area contributed by atoms with E-state index in [0.29, 0.717) is 29.5 Å². The number of aromatic nitrogens is 3. The first kappa shape index (κ1) is 16.1. The number of carbonyl (C=O) groups excluding carboxylic acids is 1. The number of hydrogen-bond donors (Lipinski definition) is 1. The van der Waals surface area contributed by atoms with E-state index in [0.717, 1.165) is 16.6 Å². The predicted octanol–water partition coefficient (Wildman–Crippen LogP) is 4.27. The fourth-order valence-corrected chi connectivity index (χ4v) is 3.09. The van der Waals surface area contributed by atoms with Crippen LogP contribution in [0.15, 0.2) is 59.1 Å². The molecule has 4 rings (SSSR count). The van der Waals surface area contributed by atoms with Gasteiger partial charge in [0.2, 0.25) is 5.95 Å². The number of carbonyl (C=O) groups is 1. The van der Waals surface area contributed by atoms with Gasteiger partial charge in [0.05, 0.1) is 11.0 Å². The summed E-state index contributed by atoms with van der Waals surface area (Å²) in [6.45, 7) is 4.45. The monoisotopic (exact) mass is 346 g/mol. The molecule has 2 aromatic heterocycles. The molecule has 0 aliphatic carbocycles. The van der Waals surface area contributed by atoms with Crippen molar-refractivity contribution in [3.63, 3.8) is 0 Å². The number of imidazole rings is 1. The van der Waals surface area contributed by atoms with E-state index >= 15 is 0 Å². The van der Waals surface area contributed by atoms with Crippen molar-refractivity contribution >= 4 is 22.9 Å². The highest BCUT2D eigenvalue weighted by molar-refractivity contribution is 6.08. The zero-order valence-electron chi connectivity index (χ0n) is 14.6. The largest absolute Gasteiger partial charge is 0.360 e. The van der Waals surface area contributed by atoms with Gasteiger partial charge in [-0.15, -0.1) is 0 Å². The summed E-state index contributed by atoms with van der Waals surface area (Å²) < 4.78 is 7.26. The van der Waals surface area contributed by atoms with Crippen LogP contribution in [0, 0.1) is 6.92 Å². The zero-order chi connectivity index (χ0) is 18.1. The molecule has 0 fully saturated rings. The maximum Gasteiger partial charge on any atom is 0.263 e. The molecule has 0 saturated heterocycles. The van der Waals surface area contributed by atoms with E-state index in [9.17, 15) is 4.79 Å². The molecule has 2 heterocycles. The Hall–Kier alpha value is -3.41. The predicted molar refractivity (Wildman–Crippen MR) is 100 cm³/mol. The summed E-state index contributed by atoms with van der Waals surface area (Å²) in [6, 6.07) is 17.3. The molecule has 26 heavy (non-hydrogen) atoms. The maximum absolute atomic E-state index is 13.0. The molecular formula is C20H18N4O2. The van der Waals surface area contributed by atoms with Crippen molar-refractivity contribution in [2.45, 2.75) is 20.4 Å². The van der Waals surface area contributed by atoms with Crippen LogP contribution in [0.1, 0.15) is 23.0 Å². The van der Waals surface area contributed by atoms with E-state index in [1.807, 2.05) is 66.1 Å². The number of anilines is 1. The highest BCUT2D eigenvalue weighted by Crippen LogP contribution is 2.26. The third-order valence-corrected chi connectivity index (χ3v) is 4.33. The van der Waals surface area contributed by atoms with Crippen molar-refractivity contribution in [1.82, 2.24) is 14.7 Å². The summed E-state index contributed by atoms with van der Waals surface area (Å²) in [7, 11) is 0. The van der Waals surface area contributed by atoms with E-state index in [2.05, 4.69) is 15.5 Å². The Morgan fingerprint density at radius 3 is 2.62 bits per heavy atom. The number of aryl methyl sites for hydroxylation is 2. The quantitative estimate of drug-likeness (QED) is 0.599. The Morgan fingerprint density at radius 1 is 1.12 bits per heavy atom. The topological polar surface area (TPSA) is 73.0 Å². The average molecular weight is 346 g/mol. The van der Waals surface area contributed by atoms with Gasteiger partial charge in [0.1, 0.15) is 17.0 Å². The van der Waals surface area contributed by atoms with Gasteiger partial charge in [-0.25, -0.2) is 4.98 Å². The smallest absolute Gasteiger partial charge is 0.263 e. The lowest BCUT2D eigenvalue weighted by atomic mass is 10.1. The molecule has 0 atom stereocenters. The molecular weight excluding hydrogens is 328 g/mol. The number of para-hydroxylation sites is 2. The Kier molecular flexibility index (Phi) is 4.01. The highest BCUT2D eigenvalue weighted by Gasteiger charge is 2.23. The molecule has 0 bridgehead atoms. The second-order valence-corrected chi connectivity index (χ2v) is 5.95. The molecule has 130 valence electrons. The Morgan fingerprint density at radius 2 is 1.85 bits per heavy atom.